The van der Waals surface area contributed by atoms with Crippen LogP contribution >= 0.6 is 0 Å². The molecule has 1 N–H and O–H groups in total. The van der Waals surface area contributed by atoms with Crippen LogP contribution in [0.25, 0.3) is 22.0 Å². The Balaban J connectivity index is 1.60. The third-order valence-corrected chi connectivity index (χ3v) is 9.09. The highest BCUT2D eigenvalue weighted by atomic mass is 32.2. The van der Waals surface area contributed by atoms with E-state index in [1.54, 1.807) is 12.1 Å². The van der Waals surface area contributed by atoms with Crippen LogP contribution in [0.5, 0.6) is 0 Å². The Kier molecular flexibility index (Phi) is 5.31. The number of halogens is 1. The van der Waals surface area contributed by atoms with Crippen molar-refractivity contribution in [2.75, 3.05) is 0 Å². The standard InChI is InChI=1S/C25H26FN3O2S/c1-16(28-32(30,31)20-8-4-9-20)22-15-29(19-6-3-7-19)24-13-17(11-12-21(22)24)25-18(14-27)5-2-10-23(25)26/h2,5,10-13,15-16,19-20,28H,3-4,6-9H2,1H3/t16-/m1/s1. The summed E-state index contributed by atoms with van der Waals surface area (Å²) in [6, 6.07) is 12.3. The van der Waals surface area contributed by atoms with Gasteiger partial charge in [0.2, 0.25) is 10.0 Å². The average Bonchev–Trinajstić information content (AvgIpc) is 3.03. The Hall–Kier alpha value is -2.69. The monoisotopic (exact) mass is 451 g/mol. The predicted molar refractivity (Wildman–Crippen MR) is 123 cm³/mol. The minimum absolute atomic E-state index is 0.290. The van der Waals surface area contributed by atoms with Gasteiger partial charge in [-0.1, -0.05) is 24.6 Å². The molecule has 5 rings (SSSR count). The molecule has 1 heterocycles. The van der Waals surface area contributed by atoms with Crippen LogP contribution in [0, 0.1) is 17.1 Å². The Bertz CT molecular complexity index is 1330. The van der Waals surface area contributed by atoms with Crippen LogP contribution in [0.15, 0.2) is 42.6 Å². The molecule has 0 spiro atoms. The van der Waals surface area contributed by atoms with E-state index in [1.165, 1.54) is 6.07 Å². The molecule has 0 saturated heterocycles. The first-order valence-electron chi connectivity index (χ1n) is 11.2. The van der Waals surface area contributed by atoms with E-state index >= 15 is 0 Å². The second-order valence-corrected chi connectivity index (χ2v) is 11.0. The number of nitrogens with zero attached hydrogens (tertiary/aromatic N) is 2. The number of aromatic nitrogens is 1. The minimum Gasteiger partial charge on any atom is -0.344 e. The minimum atomic E-state index is -3.35. The molecule has 0 unspecified atom stereocenters. The Morgan fingerprint density at radius 1 is 1.16 bits per heavy atom. The number of hydrogen-bond acceptors (Lipinski definition) is 3. The Morgan fingerprint density at radius 3 is 2.53 bits per heavy atom. The van der Waals surface area contributed by atoms with Crippen molar-refractivity contribution >= 4 is 20.9 Å². The van der Waals surface area contributed by atoms with Gasteiger partial charge in [0.15, 0.2) is 0 Å². The Labute approximate surface area is 187 Å². The summed E-state index contributed by atoms with van der Waals surface area (Å²) in [6.45, 7) is 1.88. The molecule has 1 atom stereocenters. The fourth-order valence-corrected chi connectivity index (χ4v) is 6.51. The normalized spacial score (nSPS) is 18.2. The topological polar surface area (TPSA) is 74.9 Å². The highest BCUT2D eigenvalue weighted by Gasteiger charge is 2.33. The molecule has 2 aliphatic rings. The third kappa shape index (κ3) is 3.52. The zero-order valence-corrected chi connectivity index (χ0v) is 18.8. The zero-order chi connectivity index (χ0) is 22.5. The molecule has 0 amide bonds. The van der Waals surface area contributed by atoms with Gasteiger partial charge in [0.25, 0.3) is 0 Å². The number of sulfonamides is 1. The van der Waals surface area contributed by atoms with Crippen LogP contribution in [-0.2, 0) is 10.0 Å². The van der Waals surface area contributed by atoms with Gasteiger partial charge in [-0.2, -0.15) is 5.26 Å². The van der Waals surface area contributed by atoms with E-state index in [0.29, 0.717) is 22.7 Å². The number of nitriles is 1. The molecule has 0 aliphatic heterocycles. The van der Waals surface area contributed by atoms with Gasteiger partial charge in [0.05, 0.1) is 16.9 Å². The molecule has 5 nitrogen and oxygen atoms in total. The number of fused-ring (bicyclic) bond motifs is 1. The lowest BCUT2D eigenvalue weighted by Crippen LogP contribution is -2.39. The molecule has 0 radical (unpaired) electrons. The summed E-state index contributed by atoms with van der Waals surface area (Å²) >= 11 is 0. The van der Waals surface area contributed by atoms with Gasteiger partial charge in [-0.15, -0.1) is 0 Å². The van der Waals surface area contributed by atoms with Crippen LogP contribution in [0.3, 0.4) is 0 Å². The highest BCUT2D eigenvalue weighted by Crippen LogP contribution is 2.40. The maximum Gasteiger partial charge on any atom is 0.215 e. The SMILES string of the molecule is C[C@@H](NS(=O)(=O)C1CCC1)c1cn(C2CCC2)c2cc(-c3c(F)cccc3C#N)ccc12. The van der Waals surface area contributed by atoms with Crippen LogP contribution in [0.4, 0.5) is 4.39 Å². The van der Waals surface area contributed by atoms with Gasteiger partial charge in [-0.3, -0.25) is 0 Å². The van der Waals surface area contributed by atoms with Crippen molar-refractivity contribution in [1.82, 2.24) is 9.29 Å². The van der Waals surface area contributed by atoms with Crippen molar-refractivity contribution < 1.29 is 12.8 Å². The smallest absolute Gasteiger partial charge is 0.215 e. The average molecular weight is 452 g/mol. The third-order valence-electron chi connectivity index (χ3n) is 7.05. The number of rotatable bonds is 6. The second-order valence-electron chi connectivity index (χ2n) is 9.02. The van der Waals surface area contributed by atoms with Gasteiger partial charge >= 0.3 is 0 Å². The van der Waals surface area contributed by atoms with Crippen molar-refractivity contribution in [2.24, 2.45) is 0 Å². The van der Waals surface area contributed by atoms with E-state index in [2.05, 4.69) is 21.6 Å². The lowest BCUT2D eigenvalue weighted by molar-refractivity contribution is 0.321. The van der Waals surface area contributed by atoms with Crippen molar-refractivity contribution in [3.63, 3.8) is 0 Å². The number of benzene rings is 2. The summed E-state index contributed by atoms with van der Waals surface area (Å²) in [5.41, 5.74) is 3.13. The first-order valence-corrected chi connectivity index (χ1v) is 12.8. The molecule has 166 valence electrons. The second kappa shape index (κ2) is 8.02. The van der Waals surface area contributed by atoms with Gasteiger partial charge in [0.1, 0.15) is 5.82 Å². The van der Waals surface area contributed by atoms with Crippen LogP contribution in [-0.4, -0.2) is 18.2 Å². The van der Waals surface area contributed by atoms with Crippen molar-refractivity contribution in [3.05, 3.63) is 59.5 Å². The molecule has 3 aromatic rings. The van der Waals surface area contributed by atoms with Crippen LogP contribution in [0.2, 0.25) is 0 Å². The predicted octanol–water partition coefficient (Wildman–Crippen LogP) is 5.58. The first kappa shape index (κ1) is 21.2. The summed E-state index contributed by atoms with van der Waals surface area (Å²) in [7, 11) is -3.35. The maximum absolute atomic E-state index is 14.7. The van der Waals surface area contributed by atoms with E-state index < -0.39 is 15.8 Å². The molecule has 0 bridgehead atoms. The van der Waals surface area contributed by atoms with Crippen molar-refractivity contribution in [2.45, 2.75) is 62.8 Å². The summed E-state index contributed by atoms with van der Waals surface area (Å²) in [4.78, 5) is 0. The maximum atomic E-state index is 14.7. The van der Waals surface area contributed by atoms with Crippen LogP contribution < -0.4 is 4.72 Å². The summed E-state index contributed by atoms with van der Waals surface area (Å²) in [6.07, 6.45) is 7.76. The zero-order valence-electron chi connectivity index (χ0n) is 18.0. The lowest BCUT2D eigenvalue weighted by Gasteiger charge is -2.28. The molecule has 2 fully saturated rings. The van der Waals surface area contributed by atoms with Gasteiger partial charge in [0, 0.05) is 34.7 Å². The summed E-state index contributed by atoms with van der Waals surface area (Å²) < 4.78 is 45.1. The summed E-state index contributed by atoms with van der Waals surface area (Å²) in [5, 5.41) is 10.1. The van der Waals surface area contributed by atoms with Crippen molar-refractivity contribution in [3.8, 4) is 17.2 Å². The number of nitrogens with one attached hydrogen (secondary N) is 1. The van der Waals surface area contributed by atoms with Gasteiger partial charge in [-0.05, 0) is 68.4 Å². The van der Waals surface area contributed by atoms with E-state index in [4.69, 9.17) is 0 Å². The van der Waals surface area contributed by atoms with Gasteiger partial charge < -0.3 is 4.57 Å². The van der Waals surface area contributed by atoms with E-state index in [0.717, 1.165) is 55.0 Å². The Morgan fingerprint density at radius 2 is 1.91 bits per heavy atom. The summed E-state index contributed by atoms with van der Waals surface area (Å²) in [5.74, 6) is -0.424. The van der Waals surface area contributed by atoms with E-state index in [9.17, 15) is 18.1 Å². The highest BCUT2D eigenvalue weighted by molar-refractivity contribution is 7.90. The molecule has 2 saturated carbocycles. The molecular formula is C25H26FN3O2S. The molecule has 2 aliphatic carbocycles. The molecule has 32 heavy (non-hydrogen) atoms. The fourth-order valence-electron chi connectivity index (χ4n) is 4.74. The van der Waals surface area contributed by atoms with Gasteiger partial charge in [-0.25, -0.2) is 17.5 Å². The van der Waals surface area contributed by atoms with E-state index in [1.807, 2.05) is 25.1 Å². The largest absolute Gasteiger partial charge is 0.344 e. The lowest BCUT2D eigenvalue weighted by atomic mass is 9.92. The fraction of sp³-hybridized carbons (Fsp3) is 0.400. The van der Waals surface area contributed by atoms with Crippen LogP contribution in [0.1, 0.15) is 68.7 Å². The molecule has 7 heteroatoms. The molecule has 2 aromatic carbocycles. The van der Waals surface area contributed by atoms with E-state index in [-0.39, 0.29) is 11.3 Å². The molecule has 1 aromatic heterocycles. The quantitative estimate of drug-likeness (QED) is 0.532. The number of hydrogen-bond donors (Lipinski definition) is 1. The molecular weight excluding hydrogens is 425 g/mol. The first-order chi connectivity index (χ1) is 15.4. The van der Waals surface area contributed by atoms with Crippen molar-refractivity contribution in [1.29, 1.82) is 5.26 Å².